The van der Waals surface area contributed by atoms with Crippen LogP contribution in [0.5, 0.6) is 11.5 Å². The van der Waals surface area contributed by atoms with Crippen LogP contribution < -0.4 is 30.3 Å². The molecule has 0 saturated carbocycles. The molecule has 2 aromatic heterocycles. The van der Waals surface area contributed by atoms with Gasteiger partial charge in [0.2, 0.25) is 0 Å². The van der Waals surface area contributed by atoms with Crippen LogP contribution in [0.25, 0.3) is 0 Å². The number of nitrogens with one attached hydrogen (secondary N) is 1. The number of piperazine rings is 1. The summed E-state index contributed by atoms with van der Waals surface area (Å²) in [5, 5.41) is 3.25. The van der Waals surface area contributed by atoms with Gasteiger partial charge >= 0.3 is 0 Å². The van der Waals surface area contributed by atoms with Crippen molar-refractivity contribution in [1.82, 2.24) is 15.0 Å². The van der Waals surface area contributed by atoms with Crippen LogP contribution in [0.2, 0.25) is 0 Å². The third kappa shape index (κ3) is 4.00. The van der Waals surface area contributed by atoms with Crippen molar-refractivity contribution in [3.8, 4) is 11.5 Å². The van der Waals surface area contributed by atoms with E-state index < -0.39 is 0 Å². The minimum absolute atomic E-state index is 0.494. The Hall–Kier alpha value is -3.75. The van der Waals surface area contributed by atoms with Gasteiger partial charge in [0.1, 0.15) is 29.3 Å². The number of anilines is 5. The van der Waals surface area contributed by atoms with Gasteiger partial charge < -0.3 is 30.3 Å². The van der Waals surface area contributed by atoms with Gasteiger partial charge in [-0.3, -0.25) is 0 Å². The van der Waals surface area contributed by atoms with E-state index in [9.17, 15) is 0 Å². The Balaban J connectivity index is 1.52. The first-order valence-corrected chi connectivity index (χ1v) is 9.70. The number of aromatic nitrogens is 3. The molecule has 1 saturated heterocycles. The number of nitrogens with two attached hydrogens (primary N) is 1. The lowest BCUT2D eigenvalue weighted by Gasteiger charge is -2.36. The van der Waals surface area contributed by atoms with E-state index in [4.69, 9.17) is 15.2 Å². The zero-order valence-corrected chi connectivity index (χ0v) is 17.1. The Morgan fingerprint density at radius 3 is 2.43 bits per heavy atom. The maximum atomic E-state index is 6.44. The summed E-state index contributed by atoms with van der Waals surface area (Å²) >= 11 is 0. The number of pyridine rings is 1. The first-order chi connectivity index (χ1) is 14.7. The molecule has 30 heavy (non-hydrogen) atoms. The molecule has 3 heterocycles. The van der Waals surface area contributed by atoms with Gasteiger partial charge in [-0.25, -0.2) is 15.0 Å². The number of hydrogen-bond donors (Lipinski definition) is 2. The van der Waals surface area contributed by atoms with E-state index in [-0.39, 0.29) is 0 Å². The molecule has 1 fully saturated rings. The summed E-state index contributed by atoms with van der Waals surface area (Å²) < 4.78 is 10.7. The Kier molecular flexibility index (Phi) is 5.69. The molecule has 1 aliphatic heterocycles. The Bertz CT molecular complexity index is 992. The standard InChI is InChI=1S/C21H25N7O2/c1-29-15-6-7-17(30-2)16(13-15)26-20-19(22)21(25-14-24-20)28-11-9-27(10-12-28)18-5-3-4-8-23-18/h3-8,13-14H,9-12,22H2,1-2H3,(H,24,25,26). The van der Waals surface area contributed by atoms with Crippen LogP contribution in [0.15, 0.2) is 48.9 Å². The molecule has 0 amide bonds. The summed E-state index contributed by atoms with van der Waals surface area (Å²) in [6.07, 6.45) is 3.33. The van der Waals surface area contributed by atoms with Gasteiger partial charge in [-0.2, -0.15) is 0 Å². The molecule has 1 aliphatic rings. The average molecular weight is 407 g/mol. The quantitative estimate of drug-likeness (QED) is 0.638. The van der Waals surface area contributed by atoms with Gasteiger partial charge in [0.25, 0.3) is 0 Å². The molecule has 1 aromatic carbocycles. The summed E-state index contributed by atoms with van der Waals surface area (Å²) in [6, 6.07) is 11.5. The van der Waals surface area contributed by atoms with Crippen molar-refractivity contribution in [2.24, 2.45) is 0 Å². The molecular formula is C21H25N7O2. The van der Waals surface area contributed by atoms with Crippen molar-refractivity contribution in [1.29, 1.82) is 0 Å². The second-order valence-corrected chi connectivity index (χ2v) is 6.81. The monoisotopic (exact) mass is 407 g/mol. The molecule has 0 aliphatic carbocycles. The molecule has 3 aromatic rings. The maximum absolute atomic E-state index is 6.44. The number of hydrogen-bond acceptors (Lipinski definition) is 9. The molecule has 0 unspecified atom stereocenters. The summed E-state index contributed by atoms with van der Waals surface area (Å²) in [4.78, 5) is 17.6. The van der Waals surface area contributed by atoms with E-state index in [1.54, 1.807) is 14.2 Å². The summed E-state index contributed by atoms with van der Waals surface area (Å²) in [7, 11) is 3.23. The van der Waals surface area contributed by atoms with Crippen molar-refractivity contribution in [2.45, 2.75) is 0 Å². The van der Waals surface area contributed by atoms with Gasteiger partial charge in [-0.1, -0.05) is 6.07 Å². The van der Waals surface area contributed by atoms with Gasteiger partial charge in [0.05, 0.1) is 19.9 Å². The highest BCUT2D eigenvalue weighted by molar-refractivity contribution is 5.80. The van der Waals surface area contributed by atoms with Crippen molar-refractivity contribution in [3.05, 3.63) is 48.9 Å². The normalized spacial score (nSPS) is 13.8. The number of nitrogen functional groups attached to an aromatic ring is 1. The Labute approximate surface area is 175 Å². The second-order valence-electron chi connectivity index (χ2n) is 6.81. The van der Waals surface area contributed by atoms with Crippen molar-refractivity contribution < 1.29 is 9.47 Å². The van der Waals surface area contributed by atoms with E-state index in [2.05, 4.69) is 30.1 Å². The Morgan fingerprint density at radius 2 is 1.73 bits per heavy atom. The molecule has 156 valence electrons. The average Bonchev–Trinajstić information content (AvgIpc) is 2.81. The van der Waals surface area contributed by atoms with Crippen LogP contribution in [-0.2, 0) is 0 Å². The fourth-order valence-corrected chi connectivity index (χ4v) is 3.47. The third-order valence-electron chi connectivity index (χ3n) is 5.08. The highest BCUT2D eigenvalue weighted by Crippen LogP contribution is 2.35. The lowest BCUT2D eigenvalue weighted by Crippen LogP contribution is -2.47. The molecule has 0 bridgehead atoms. The van der Waals surface area contributed by atoms with Crippen LogP contribution >= 0.6 is 0 Å². The Morgan fingerprint density at radius 1 is 0.933 bits per heavy atom. The summed E-state index contributed by atoms with van der Waals surface area (Å²) in [5.41, 5.74) is 7.65. The molecule has 4 rings (SSSR count). The summed E-state index contributed by atoms with van der Waals surface area (Å²) in [6.45, 7) is 3.26. The minimum atomic E-state index is 0.494. The fraction of sp³-hybridized carbons (Fsp3) is 0.286. The van der Waals surface area contributed by atoms with Crippen molar-refractivity contribution in [2.75, 3.05) is 61.2 Å². The molecule has 9 heteroatoms. The van der Waals surface area contributed by atoms with Gasteiger partial charge in [-0.05, 0) is 24.3 Å². The molecule has 9 nitrogen and oxygen atoms in total. The number of rotatable bonds is 6. The lowest BCUT2D eigenvalue weighted by atomic mass is 10.2. The molecule has 0 radical (unpaired) electrons. The van der Waals surface area contributed by atoms with Gasteiger partial charge in [0.15, 0.2) is 11.6 Å². The predicted octanol–water partition coefficient (Wildman–Crippen LogP) is 2.54. The van der Waals surface area contributed by atoms with E-state index in [0.29, 0.717) is 28.7 Å². The predicted molar refractivity (Wildman–Crippen MR) is 118 cm³/mol. The van der Waals surface area contributed by atoms with Gasteiger partial charge in [-0.15, -0.1) is 0 Å². The minimum Gasteiger partial charge on any atom is -0.497 e. The van der Waals surface area contributed by atoms with Crippen LogP contribution in [0, 0.1) is 0 Å². The van der Waals surface area contributed by atoms with E-state index in [1.165, 1.54) is 6.33 Å². The van der Waals surface area contributed by atoms with Gasteiger partial charge in [0, 0.05) is 38.4 Å². The van der Waals surface area contributed by atoms with Crippen LogP contribution in [-0.4, -0.2) is 55.4 Å². The van der Waals surface area contributed by atoms with Crippen LogP contribution in [0.1, 0.15) is 0 Å². The highest BCUT2D eigenvalue weighted by atomic mass is 16.5. The zero-order valence-electron chi connectivity index (χ0n) is 17.1. The smallest absolute Gasteiger partial charge is 0.159 e. The molecule has 0 atom stereocenters. The largest absolute Gasteiger partial charge is 0.497 e. The third-order valence-corrected chi connectivity index (χ3v) is 5.08. The van der Waals surface area contributed by atoms with E-state index >= 15 is 0 Å². The SMILES string of the molecule is COc1ccc(OC)c(Nc2ncnc(N3CCN(c4ccccn4)CC3)c2N)c1. The molecular weight excluding hydrogens is 382 g/mol. The van der Waals surface area contributed by atoms with Crippen molar-refractivity contribution >= 4 is 28.8 Å². The van der Waals surface area contributed by atoms with Crippen molar-refractivity contribution in [3.63, 3.8) is 0 Å². The molecule has 3 N–H and O–H groups in total. The number of benzene rings is 1. The maximum Gasteiger partial charge on any atom is 0.159 e. The van der Waals surface area contributed by atoms with E-state index in [0.717, 1.165) is 37.8 Å². The van der Waals surface area contributed by atoms with Crippen LogP contribution in [0.4, 0.5) is 28.8 Å². The number of ether oxygens (including phenoxy) is 2. The molecule has 0 spiro atoms. The summed E-state index contributed by atoms with van der Waals surface area (Å²) in [5.74, 6) is 3.60. The first-order valence-electron chi connectivity index (χ1n) is 9.70. The lowest BCUT2D eigenvalue weighted by molar-refractivity contribution is 0.405. The van der Waals surface area contributed by atoms with Crippen LogP contribution in [0.3, 0.4) is 0 Å². The number of methoxy groups -OCH3 is 2. The highest BCUT2D eigenvalue weighted by Gasteiger charge is 2.22. The first kappa shape index (κ1) is 19.6. The second kappa shape index (κ2) is 8.73. The zero-order chi connectivity index (χ0) is 20.9. The fourth-order valence-electron chi connectivity index (χ4n) is 3.47. The topological polar surface area (TPSA) is 102 Å². The number of nitrogens with zero attached hydrogens (tertiary/aromatic N) is 5. The van der Waals surface area contributed by atoms with E-state index in [1.807, 2.05) is 42.6 Å².